The molecule has 2 saturated heterocycles. The van der Waals surface area contributed by atoms with Gasteiger partial charge in [-0.05, 0) is 126 Å². The molecule has 0 radical (unpaired) electrons. The van der Waals surface area contributed by atoms with Crippen LogP contribution in [0.25, 0.3) is 10.4 Å². The Morgan fingerprint density at radius 3 is 2.06 bits per heavy atom. The number of benzene rings is 3. The van der Waals surface area contributed by atoms with E-state index in [-0.39, 0.29) is 80.3 Å². The summed E-state index contributed by atoms with van der Waals surface area (Å²) in [5.41, 5.74) is 8.26. The first kappa shape index (κ1) is 67.4. The number of carbonyl (C=O) groups is 3. The van der Waals surface area contributed by atoms with E-state index in [0.29, 0.717) is 81.6 Å². The molecule has 4 heterocycles. The predicted octanol–water partition coefficient (Wildman–Crippen LogP) is 8.14. The number of piperidine rings is 1. The zero-order valence-electron chi connectivity index (χ0n) is 51.5. The standard InChI is InChI=1S/C63H89N9O12S2/c1-40(2)84-53-35-49(42(5)33-51(53)68-62-65-36-43(6)59(70-62)67-50-13-11-12-14-54(50)86(78,79)41(3)4)46-19-23-71(24-20-46)56(75)22-26-81-28-30-83-32-31-82-29-27-80-25-21-55(74)69-58(63(8,9)10)61(77)72-38-48(73)34-52(72)60(76)64-37-45-15-17-47(18-16-45)57-44(7)66-39-85-57/h11-18,33,35-36,39-41,46,48,52,58,60,64,73,76H,19-32,34,37-38H2,1-10H3,(H,69,74)(H2,65,67,68,70)/t48-,52+,58-,60?/m1/s1. The fraction of sp³-hybridized carbons (Fsp3) is 0.556. The zero-order chi connectivity index (χ0) is 62.1. The summed E-state index contributed by atoms with van der Waals surface area (Å²) in [6.45, 7) is 22.8. The first-order valence-corrected chi connectivity index (χ1v) is 32.2. The number of anilines is 4. The Morgan fingerprint density at radius 1 is 0.802 bits per heavy atom. The number of rotatable bonds is 31. The molecule has 0 bridgehead atoms. The highest BCUT2D eigenvalue weighted by Gasteiger charge is 2.44. The number of aliphatic hydroxyl groups is 2. The number of thiazole rings is 1. The van der Waals surface area contributed by atoms with E-state index in [1.54, 1.807) is 55.6 Å². The van der Waals surface area contributed by atoms with Gasteiger partial charge in [0, 0.05) is 44.4 Å². The number of aryl methyl sites for hydroxylation is 3. The highest BCUT2D eigenvalue weighted by molar-refractivity contribution is 7.92. The number of carbonyl (C=O) groups excluding carboxylic acids is 3. The van der Waals surface area contributed by atoms with E-state index in [1.807, 2.05) is 89.2 Å². The molecule has 470 valence electrons. The van der Waals surface area contributed by atoms with Crippen LogP contribution in [0.5, 0.6) is 5.75 Å². The monoisotopic (exact) mass is 1230 g/mol. The molecular formula is C63H89N9O12S2. The maximum absolute atomic E-state index is 14.0. The number of nitrogens with one attached hydrogen (secondary N) is 4. The summed E-state index contributed by atoms with van der Waals surface area (Å²) in [4.78, 5) is 58.7. The lowest BCUT2D eigenvalue weighted by Crippen LogP contribution is -2.58. The van der Waals surface area contributed by atoms with Gasteiger partial charge >= 0.3 is 0 Å². The molecule has 4 atom stereocenters. The van der Waals surface area contributed by atoms with Gasteiger partial charge < -0.3 is 59.6 Å². The summed E-state index contributed by atoms with van der Waals surface area (Å²) in [5, 5.41) is 33.9. The van der Waals surface area contributed by atoms with Crippen LogP contribution in [0.1, 0.15) is 114 Å². The number of hydrogen-bond acceptors (Lipinski definition) is 19. The molecule has 0 aliphatic carbocycles. The van der Waals surface area contributed by atoms with Crippen LogP contribution >= 0.6 is 11.3 Å². The van der Waals surface area contributed by atoms with E-state index in [4.69, 9.17) is 28.7 Å². The average molecular weight is 1230 g/mol. The Labute approximate surface area is 511 Å². The lowest BCUT2D eigenvalue weighted by Gasteiger charge is -2.37. The SMILES string of the molecule is Cc1cc(Nc2ncc(C)c(Nc3ccccc3S(=O)(=O)C(C)C)n2)c(OC(C)C)cc1C1CCN(C(=O)CCOCCOCCOCCOCCC(=O)N[C@H](C(=O)N2C[C@H](O)C[C@H]2C(O)NCc2ccc(-c3scnc3C)cc2)C(C)(C)C)CC1. The molecule has 1 unspecified atom stereocenters. The van der Waals surface area contributed by atoms with E-state index in [1.165, 1.54) is 4.90 Å². The van der Waals surface area contributed by atoms with Crippen LogP contribution < -0.4 is 26.0 Å². The van der Waals surface area contributed by atoms with Crippen molar-refractivity contribution in [3.8, 4) is 16.2 Å². The third-order valence-corrected chi connectivity index (χ3v) is 18.4. The Morgan fingerprint density at radius 2 is 1.44 bits per heavy atom. The molecule has 2 aromatic heterocycles. The Kier molecular flexibility index (Phi) is 24.8. The van der Waals surface area contributed by atoms with Crippen LogP contribution in [0.2, 0.25) is 0 Å². The number of para-hydroxylation sites is 1. The molecular weight excluding hydrogens is 1140 g/mol. The van der Waals surface area contributed by atoms with E-state index in [0.717, 1.165) is 51.2 Å². The largest absolute Gasteiger partial charge is 0.489 e. The van der Waals surface area contributed by atoms with E-state index < -0.39 is 44.9 Å². The predicted molar refractivity (Wildman–Crippen MR) is 333 cm³/mol. The Bertz CT molecular complexity index is 3130. The summed E-state index contributed by atoms with van der Waals surface area (Å²) in [6, 6.07) is 17.3. The number of aliphatic hydroxyl groups excluding tert-OH is 2. The molecule has 3 amide bonds. The summed E-state index contributed by atoms with van der Waals surface area (Å²) in [7, 11) is -3.56. The molecule has 86 heavy (non-hydrogen) atoms. The molecule has 21 nitrogen and oxygen atoms in total. The number of likely N-dealkylation sites (tertiary alicyclic amines) is 2. The minimum atomic E-state index is -3.56. The second kappa shape index (κ2) is 31.7. The van der Waals surface area contributed by atoms with Crippen molar-refractivity contribution in [2.24, 2.45) is 5.41 Å². The number of sulfone groups is 1. The van der Waals surface area contributed by atoms with Gasteiger partial charge in [0.1, 0.15) is 23.8 Å². The second-order valence-corrected chi connectivity index (χ2v) is 27.0. The molecule has 23 heteroatoms. The smallest absolute Gasteiger partial charge is 0.246 e. The minimum absolute atomic E-state index is 0.0276. The maximum Gasteiger partial charge on any atom is 0.246 e. The number of hydrogen-bond donors (Lipinski definition) is 6. The van der Waals surface area contributed by atoms with Gasteiger partial charge in [0.25, 0.3) is 0 Å². The van der Waals surface area contributed by atoms with Crippen molar-refractivity contribution in [1.29, 1.82) is 0 Å². The average Bonchev–Trinajstić information content (AvgIpc) is 1.81. The van der Waals surface area contributed by atoms with Gasteiger partial charge in [0.05, 0.1) is 115 Å². The van der Waals surface area contributed by atoms with Crippen LogP contribution in [-0.4, -0.2) is 169 Å². The molecule has 2 fully saturated rings. The van der Waals surface area contributed by atoms with Gasteiger partial charge in [0.2, 0.25) is 23.7 Å². The number of β-amino-alcohol motifs (C(OH)–C–C–N with tert-alkyl or cyclic N) is 1. The summed E-state index contributed by atoms with van der Waals surface area (Å²) < 4.78 is 55.3. The molecule has 5 aromatic rings. The van der Waals surface area contributed by atoms with Gasteiger partial charge in [-0.2, -0.15) is 4.98 Å². The molecule has 0 spiro atoms. The van der Waals surface area contributed by atoms with Crippen molar-refractivity contribution < 1.29 is 56.7 Å². The lowest BCUT2D eigenvalue weighted by molar-refractivity contribution is -0.142. The van der Waals surface area contributed by atoms with Gasteiger partial charge in [0.15, 0.2) is 9.84 Å². The Balaban J connectivity index is 0.741. The summed E-state index contributed by atoms with van der Waals surface area (Å²) in [5.74, 6) is 1.00. The van der Waals surface area contributed by atoms with E-state index in [9.17, 15) is 33.0 Å². The van der Waals surface area contributed by atoms with Crippen molar-refractivity contribution in [2.45, 2.75) is 154 Å². The van der Waals surface area contributed by atoms with Gasteiger partial charge in [-0.1, -0.05) is 57.2 Å². The van der Waals surface area contributed by atoms with Crippen LogP contribution in [0.4, 0.5) is 23.1 Å². The number of nitrogens with zero attached hydrogens (tertiary/aromatic N) is 5. The van der Waals surface area contributed by atoms with Crippen molar-refractivity contribution in [3.63, 3.8) is 0 Å². The Hall–Kier alpha value is -6.15. The zero-order valence-corrected chi connectivity index (χ0v) is 53.2. The minimum Gasteiger partial charge on any atom is -0.489 e. The first-order chi connectivity index (χ1) is 41.0. The highest BCUT2D eigenvalue weighted by Crippen LogP contribution is 2.39. The normalized spacial score (nSPS) is 16.6. The van der Waals surface area contributed by atoms with Gasteiger partial charge in [-0.15, -0.1) is 11.3 Å². The number of aromatic nitrogens is 3. The third kappa shape index (κ3) is 18.9. The van der Waals surface area contributed by atoms with Crippen molar-refractivity contribution >= 4 is 62.0 Å². The fourth-order valence-electron chi connectivity index (χ4n) is 10.4. The topological polar surface area (TPSA) is 265 Å². The van der Waals surface area contributed by atoms with Crippen LogP contribution in [0.3, 0.4) is 0 Å². The molecule has 6 N–H and O–H groups in total. The van der Waals surface area contributed by atoms with Crippen LogP contribution in [0.15, 0.2) is 77.3 Å². The molecule has 2 aliphatic heterocycles. The molecule has 3 aromatic carbocycles. The first-order valence-electron chi connectivity index (χ1n) is 29.8. The number of amides is 3. The lowest BCUT2D eigenvalue weighted by atomic mass is 9.85. The summed E-state index contributed by atoms with van der Waals surface area (Å²) >= 11 is 1.58. The highest BCUT2D eigenvalue weighted by atomic mass is 32.2. The molecule has 2 aliphatic rings. The van der Waals surface area contributed by atoms with Crippen LogP contribution in [0, 0.1) is 26.2 Å². The molecule has 7 rings (SSSR count). The van der Waals surface area contributed by atoms with Crippen molar-refractivity contribution in [2.75, 3.05) is 83.1 Å². The number of ether oxygens (including phenoxy) is 5. The second-order valence-electron chi connectivity index (χ2n) is 23.6. The van der Waals surface area contributed by atoms with Crippen molar-refractivity contribution in [1.82, 2.24) is 35.4 Å². The third-order valence-electron chi connectivity index (χ3n) is 15.2. The van der Waals surface area contributed by atoms with E-state index >= 15 is 0 Å². The van der Waals surface area contributed by atoms with Crippen molar-refractivity contribution in [3.05, 3.63) is 100 Å². The van der Waals surface area contributed by atoms with Crippen LogP contribution in [-0.2, 0) is 49.7 Å². The summed E-state index contributed by atoms with van der Waals surface area (Å²) in [6.07, 6.45) is 1.76. The quantitative estimate of drug-likeness (QED) is 0.0181. The van der Waals surface area contributed by atoms with Gasteiger partial charge in [-0.3, -0.25) is 19.7 Å². The van der Waals surface area contributed by atoms with Gasteiger partial charge in [-0.25, -0.2) is 18.4 Å². The van der Waals surface area contributed by atoms with E-state index in [2.05, 4.69) is 44.2 Å². The maximum atomic E-state index is 14.0. The molecule has 0 saturated carbocycles. The fourth-order valence-corrected chi connectivity index (χ4v) is 12.4.